The number of rotatable bonds is 5. The molecule has 6 nitrogen and oxygen atoms in total. The smallest absolute Gasteiger partial charge is 0.255 e. The van der Waals surface area contributed by atoms with Gasteiger partial charge in [0.15, 0.2) is 0 Å². The molecule has 1 aliphatic rings. The van der Waals surface area contributed by atoms with Crippen LogP contribution in [0.2, 0.25) is 0 Å². The van der Waals surface area contributed by atoms with E-state index in [9.17, 15) is 4.79 Å². The Kier molecular flexibility index (Phi) is 5.47. The van der Waals surface area contributed by atoms with E-state index in [4.69, 9.17) is 0 Å². The van der Waals surface area contributed by atoms with E-state index >= 15 is 0 Å². The summed E-state index contributed by atoms with van der Waals surface area (Å²) in [5.41, 5.74) is 3.28. The van der Waals surface area contributed by atoms with Crippen molar-refractivity contribution >= 4 is 28.9 Å². The molecule has 0 saturated carbocycles. The van der Waals surface area contributed by atoms with Gasteiger partial charge < -0.3 is 15.5 Å². The number of hydrogen-bond acceptors (Lipinski definition) is 5. The fourth-order valence-corrected chi connectivity index (χ4v) is 3.42. The molecule has 2 N–H and O–H groups in total. The number of carbonyl (C=O) groups excluding carboxylic acids is 1. The molecule has 0 radical (unpaired) electrons. The van der Waals surface area contributed by atoms with Crippen molar-refractivity contribution in [1.82, 2.24) is 9.97 Å². The number of benzene rings is 2. The van der Waals surface area contributed by atoms with E-state index in [1.54, 1.807) is 30.6 Å². The molecule has 0 spiro atoms. The summed E-state index contributed by atoms with van der Waals surface area (Å²) in [6, 6.07) is 17.1. The van der Waals surface area contributed by atoms with Crippen LogP contribution < -0.4 is 15.5 Å². The summed E-state index contributed by atoms with van der Waals surface area (Å²) in [7, 11) is 0. The molecule has 1 aromatic heterocycles. The Labute approximate surface area is 164 Å². The molecule has 0 unspecified atom stereocenters. The number of para-hydroxylation sites is 2. The van der Waals surface area contributed by atoms with Crippen LogP contribution >= 0.6 is 0 Å². The predicted octanol–water partition coefficient (Wildman–Crippen LogP) is 4.46. The Bertz CT molecular complexity index is 938. The highest BCUT2D eigenvalue weighted by Crippen LogP contribution is 2.28. The second-order valence-corrected chi connectivity index (χ2v) is 6.80. The number of hydrogen-bond donors (Lipinski definition) is 2. The molecule has 28 heavy (non-hydrogen) atoms. The zero-order chi connectivity index (χ0) is 19.2. The molecule has 0 aliphatic carbocycles. The van der Waals surface area contributed by atoms with Gasteiger partial charge in [0.1, 0.15) is 0 Å². The number of nitrogens with one attached hydrogen (secondary N) is 2. The molecule has 6 heteroatoms. The van der Waals surface area contributed by atoms with Crippen molar-refractivity contribution in [1.29, 1.82) is 0 Å². The van der Waals surface area contributed by atoms with Gasteiger partial charge in [0.25, 0.3) is 5.91 Å². The Hall–Kier alpha value is -3.41. The van der Waals surface area contributed by atoms with Crippen LogP contribution in [0.15, 0.2) is 67.0 Å². The lowest BCUT2D eigenvalue weighted by Gasteiger charge is -2.30. The quantitative estimate of drug-likeness (QED) is 0.691. The first-order valence-corrected chi connectivity index (χ1v) is 9.59. The van der Waals surface area contributed by atoms with Crippen LogP contribution in [0.3, 0.4) is 0 Å². The third kappa shape index (κ3) is 4.28. The van der Waals surface area contributed by atoms with Gasteiger partial charge in [-0.3, -0.25) is 4.79 Å². The minimum atomic E-state index is -0.137. The van der Waals surface area contributed by atoms with E-state index in [0.29, 0.717) is 11.5 Å². The molecular formula is C22H23N5O. The summed E-state index contributed by atoms with van der Waals surface area (Å²) >= 11 is 0. The fraction of sp³-hybridized carbons (Fsp3) is 0.227. The molecule has 3 aromatic rings. The van der Waals surface area contributed by atoms with E-state index in [0.717, 1.165) is 30.2 Å². The molecule has 142 valence electrons. The van der Waals surface area contributed by atoms with Gasteiger partial charge in [0, 0.05) is 36.7 Å². The summed E-state index contributed by atoms with van der Waals surface area (Å²) in [5.74, 6) is 0.359. The average molecular weight is 373 g/mol. The van der Waals surface area contributed by atoms with Crippen molar-refractivity contribution < 1.29 is 4.79 Å². The Morgan fingerprint density at radius 3 is 2.50 bits per heavy atom. The van der Waals surface area contributed by atoms with E-state index in [1.165, 1.54) is 19.3 Å². The third-order valence-corrected chi connectivity index (χ3v) is 4.80. The second-order valence-electron chi connectivity index (χ2n) is 6.80. The van der Waals surface area contributed by atoms with Gasteiger partial charge >= 0.3 is 0 Å². The van der Waals surface area contributed by atoms with Crippen LogP contribution in [0.1, 0.15) is 29.6 Å². The lowest BCUT2D eigenvalue weighted by molar-refractivity contribution is 0.102. The number of nitrogens with zero attached hydrogens (tertiary/aromatic N) is 3. The van der Waals surface area contributed by atoms with E-state index < -0.39 is 0 Å². The van der Waals surface area contributed by atoms with Gasteiger partial charge in [-0.1, -0.05) is 18.2 Å². The van der Waals surface area contributed by atoms with Gasteiger partial charge in [-0.15, -0.1) is 0 Å². The maximum absolute atomic E-state index is 12.9. The van der Waals surface area contributed by atoms with Crippen molar-refractivity contribution in [3.63, 3.8) is 0 Å². The molecule has 0 bridgehead atoms. The lowest BCUT2D eigenvalue weighted by Crippen LogP contribution is -2.30. The molecule has 2 heterocycles. The van der Waals surface area contributed by atoms with Gasteiger partial charge in [-0.25, -0.2) is 9.97 Å². The van der Waals surface area contributed by atoms with Crippen LogP contribution in [-0.2, 0) is 0 Å². The SMILES string of the molecule is O=C(Nc1ccccc1N1CCCCC1)c1cccc(Nc2ncccn2)c1. The van der Waals surface area contributed by atoms with Crippen LogP contribution in [0.5, 0.6) is 0 Å². The fourth-order valence-electron chi connectivity index (χ4n) is 3.42. The molecule has 0 atom stereocenters. The van der Waals surface area contributed by atoms with Gasteiger partial charge in [-0.2, -0.15) is 0 Å². The Balaban J connectivity index is 1.51. The summed E-state index contributed by atoms with van der Waals surface area (Å²) < 4.78 is 0. The Morgan fingerprint density at radius 1 is 0.893 bits per heavy atom. The molecule has 1 aliphatic heterocycles. The summed E-state index contributed by atoms with van der Waals surface area (Å²) in [4.78, 5) is 23.5. The summed E-state index contributed by atoms with van der Waals surface area (Å²) in [5, 5.41) is 6.19. The zero-order valence-electron chi connectivity index (χ0n) is 15.6. The largest absolute Gasteiger partial charge is 0.370 e. The standard InChI is InChI=1S/C22H23N5O/c28-21(17-8-6-9-18(16-17)25-22-23-12-7-13-24-22)26-19-10-2-3-11-20(19)27-14-4-1-5-15-27/h2-3,6-13,16H,1,4-5,14-15H2,(H,26,28)(H,23,24,25). The van der Waals surface area contributed by atoms with Gasteiger partial charge in [-0.05, 0) is 55.7 Å². The first-order chi connectivity index (χ1) is 13.8. The van der Waals surface area contributed by atoms with E-state index in [1.807, 2.05) is 30.3 Å². The van der Waals surface area contributed by atoms with Crippen molar-refractivity contribution in [3.8, 4) is 0 Å². The number of piperidine rings is 1. The summed E-state index contributed by atoms with van der Waals surface area (Å²) in [6.45, 7) is 2.06. The van der Waals surface area contributed by atoms with Crippen LogP contribution in [0.4, 0.5) is 23.0 Å². The highest BCUT2D eigenvalue weighted by Gasteiger charge is 2.16. The predicted molar refractivity (Wildman–Crippen MR) is 112 cm³/mol. The second kappa shape index (κ2) is 8.52. The van der Waals surface area contributed by atoms with Crippen molar-refractivity contribution in [2.45, 2.75) is 19.3 Å². The maximum atomic E-state index is 12.9. The topological polar surface area (TPSA) is 70.2 Å². The van der Waals surface area contributed by atoms with Crippen LogP contribution in [-0.4, -0.2) is 29.0 Å². The average Bonchev–Trinajstić information content (AvgIpc) is 2.76. The first kappa shape index (κ1) is 18.0. The monoisotopic (exact) mass is 373 g/mol. The van der Waals surface area contributed by atoms with Crippen molar-refractivity contribution in [2.24, 2.45) is 0 Å². The molecule has 1 saturated heterocycles. The highest BCUT2D eigenvalue weighted by atomic mass is 16.1. The molecular weight excluding hydrogens is 350 g/mol. The number of aromatic nitrogens is 2. The third-order valence-electron chi connectivity index (χ3n) is 4.80. The number of anilines is 4. The van der Waals surface area contributed by atoms with Gasteiger partial charge in [0.05, 0.1) is 11.4 Å². The van der Waals surface area contributed by atoms with Crippen LogP contribution in [0.25, 0.3) is 0 Å². The number of carbonyl (C=O) groups is 1. The molecule has 2 aromatic carbocycles. The van der Waals surface area contributed by atoms with Gasteiger partial charge in [0.2, 0.25) is 5.95 Å². The molecule has 1 fully saturated rings. The van der Waals surface area contributed by atoms with E-state index in [-0.39, 0.29) is 5.91 Å². The normalized spacial score (nSPS) is 13.8. The van der Waals surface area contributed by atoms with Crippen LogP contribution in [0, 0.1) is 0 Å². The first-order valence-electron chi connectivity index (χ1n) is 9.59. The minimum absolute atomic E-state index is 0.137. The summed E-state index contributed by atoms with van der Waals surface area (Å²) in [6.07, 6.45) is 7.00. The lowest BCUT2D eigenvalue weighted by atomic mass is 10.1. The van der Waals surface area contributed by atoms with E-state index in [2.05, 4.69) is 31.6 Å². The number of amides is 1. The van der Waals surface area contributed by atoms with Crippen molar-refractivity contribution in [2.75, 3.05) is 28.6 Å². The maximum Gasteiger partial charge on any atom is 0.255 e. The molecule has 4 rings (SSSR count). The van der Waals surface area contributed by atoms with Crippen molar-refractivity contribution in [3.05, 3.63) is 72.6 Å². The zero-order valence-corrected chi connectivity index (χ0v) is 15.6. The Morgan fingerprint density at radius 2 is 1.68 bits per heavy atom. The molecule has 1 amide bonds. The highest BCUT2D eigenvalue weighted by molar-refractivity contribution is 6.06. The minimum Gasteiger partial charge on any atom is -0.370 e.